The van der Waals surface area contributed by atoms with Crippen molar-refractivity contribution in [2.75, 3.05) is 0 Å². The summed E-state index contributed by atoms with van der Waals surface area (Å²) in [4.78, 5) is 8.89. The van der Waals surface area contributed by atoms with Crippen LogP contribution in [0.5, 0.6) is 0 Å². The van der Waals surface area contributed by atoms with E-state index >= 15 is 0 Å². The molecule has 0 fully saturated rings. The number of rotatable bonds is 1. The maximum Gasteiger partial charge on any atom is 0.125 e. The quantitative estimate of drug-likeness (QED) is 0.729. The highest BCUT2D eigenvalue weighted by Gasteiger charge is 2.19. The van der Waals surface area contributed by atoms with Crippen LogP contribution in [-0.4, -0.2) is 9.97 Å². The highest BCUT2D eigenvalue weighted by molar-refractivity contribution is 5.28. The fourth-order valence-corrected chi connectivity index (χ4v) is 2.16. The highest BCUT2D eigenvalue weighted by Crippen LogP contribution is 2.25. The molecule has 1 aromatic rings. The minimum Gasteiger partial charge on any atom is -0.325 e. The van der Waals surface area contributed by atoms with Gasteiger partial charge in [0.2, 0.25) is 0 Å². The lowest BCUT2D eigenvalue weighted by Crippen LogP contribution is -2.19. The number of aromatic nitrogens is 2. The Morgan fingerprint density at radius 3 is 2.93 bits per heavy atom. The summed E-state index contributed by atoms with van der Waals surface area (Å²) in [5.74, 6) is 1.61. The summed E-state index contributed by atoms with van der Waals surface area (Å²) in [6.07, 6.45) is 3.43. The fraction of sp³-hybridized carbons (Fsp3) is 0.636. The first-order valence-corrected chi connectivity index (χ1v) is 5.26. The number of nitrogens with two attached hydrogens (primary N) is 1. The van der Waals surface area contributed by atoms with Crippen molar-refractivity contribution in [1.29, 1.82) is 0 Å². The predicted molar refractivity (Wildman–Crippen MR) is 55.8 cm³/mol. The molecule has 0 saturated heterocycles. The molecule has 1 aliphatic rings. The summed E-state index contributed by atoms with van der Waals surface area (Å²) in [6.45, 7) is 4.76. The van der Waals surface area contributed by atoms with Gasteiger partial charge in [0, 0.05) is 12.2 Å². The number of hydrogen-bond donors (Lipinski definition) is 1. The molecule has 3 heteroatoms. The normalized spacial score (nSPS) is 20.6. The third-order valence-corrected chi connectivity index (χ3v) is 2.91. The molecule has 76 valence electrons. The molecule has 1 atom stereocenters. The van der Waals surface area contributed by atoms with E-state index in [1.807, 2.05) is 6.92 Å². The van der Waals surface area contributed by atoms with Gasteiger partial charge in [-0.05, 0) is 37.7 Å². The van der Waals surface area contributed by atoms with Crippen molar-refractivity contribution in [1.82, 2.24) is 9.97 Å². The Kier molecular flexibility index (Phi) is 2.50. The van der Waals surface area contributed by atoms with Gasteiger partial charge < -0.3 is 5.73 Å². The van der Waals surface area contributed by atoms with Crippen LogP contribution in [0.2, 0.25) is 0 Å². The minimum absolute atomic E-state index is 0.540. The average Bonchev–Trinajstić information content (AvgIpc) is 2.17. The second-order valence-electron chi connectivity index (χ2n) is 4.19. The molecule has 1 aliphatic carbocycles. The lowest BCUT2D eigenvalue weighted by Gasteiger charge is -2.22. The molecule has 2 N–H and O–H groups in total. The second kappa shape index (κ2) is 3.65. The van der Waals surface area contributed by atoms with Crippen LogP contribution in [-0.2, 0) is 19.4 Å². The first-order chi connectivity index (χ1) is 6.70. The monoisotopic (exact) mass is 191 g/mol. The standard InChI is InChI=1S/C11H17N3/c1-7-3-4-10-9(5-7)11(6-12)14-8(2)13-10/h7H,3-6,12H2,1-2H3. The first kappa shape index (κ1) is 9.59. The summed E-state index contributed by atoms with van der Waals surface area (Å²) < 4.78 is 0. The molecule has 3 nitrogen and oxygen atoms in total. The van der Waals surface area contributed by atoms with Crippen molar-refractivity contribution >= 4 is 0 Å². The van der Waals surface area contributed by atoms with Gasteiger partial charge in [0.05, 0.1) is 5.69 Å². The molecular formula is C11H17N3. The third kappa shape index (κ3) is 1.64. The van der Waals surface area contributed by atoms with Crippen LogP contribution in [0, 0.1) is 12.8 Å². The zero-order chi connectivity index (χ0) is 10.1. The summed E-state index contributed by atoms with van der Waals surface area (Å²) in [6, 6.07) is 0. The topological polar surface area (TPSA) is 51.8 Å². The minimum atomic E-state index is 0.540. The van der Waals surface area contributed by atoms with E-state index in [0.29, 0.717) is 6.54 Å². The smallest absolute Gasteiger partial charge is 0.125 e. The van der Waals surface area contributed by atoms with Crippen LogP contribution in [0.3, 0.4) is 0 Å². The molecule has 0 aromatic carbocycles. The summed E-state index contributed by atoms with van der Waals surface area (Å²) >= 11 is 0. The Morgan fingerprint density at radius 1 is 1.43 bits per heavy atom. The van der Waals surface area contributed by atoms with E-state index in [1.54, 1.807) is 0 Å². The van der Waals surface area contributed by atoms with Gasteiger partial charge in [0.1, 0.15) is 5.82 Å². The number of aryl methyl sites for hydroxylation is 2. The van der Waals surface area contributed by atoms with E-state index in [4.69, 9.17) is 5.73 Å². The Hall–Kier alpha value is -0.960. The van der Waals surface area contributed by atoms with Crippen molar-refractivity contribution in [2.45, 2.75) is 39.7 Å². The Labute approximate surface area is 84.8 Å². The van der Waals surface area contributed by atoms with E-state index in [1.165, 1.54) is 17.7 Å². The van der Waals surface area contributed by atoms with Crippen LogP contribution in [0.25, 0.3) is 0 Å². The predicted octanol–water partition coefficient (Wildman–Crippen LogP) is 1.37. The summed E-state index contributed by atoms with van der Waals surface area (Å²) in [5, 5.41) is 0. The largest absolute Gasteiger partial charge is 0.325 e. The van der Waals surface area contributed by atoms with Gasteiger partial charge in [-0.2, -0.15) is 0 Å². The molecule has 1 heterocycles. The van der Waals surface area contributed by atoms with Gasteiger partial charge in [-0.1, -0.05) is 6.92 Å². The molecule has 0 aliphatic heterocycles. The maximum absolute atomic E-state index is 5.70. The molecular weight excluding hydrogens is 174 g/mol. The zero-order valence-corrected chi connectivity index (χ0v) is 8.88. The van der Waals surface area contributed by atoms with Gasteiger partial charge in [0.25, 0.3) is 0 Å². The molecule has 2 rings (SSSR count). The van der Waals surface area contributed by atoms with Crippen LogP contribution in [0.1, 0.15) is 36.1 Å². The molecule has 14 heavy (non-hydrogen) atoms. The Bertz CT molecular complexity index is 329. The van der Waals surface area contributed by atoms with Crippen molar-refractivity contribution in [3.05, 3.63) is 22.8 Å². The molecule has 1 aromatic heterocycles. The number of nitrogens with zero attached hydrogens (tertiary/aromatic N) is 2. The van der Waals surface area contributed by atoms with E-state index in [9.17, 15) is 0 Å². The number of fused-ring (bicyclic) bond motifs is 1. The SMILES string of the molecule is Cc1nc(CN)c2c(n1)CCC(C)C2. The van der Waals surface area contributed by atoms with E-state index < -0.39 is 0 Å². The lowest BCUT2D eigenvalue weighted by molar-refractivity contribution is 0.486. The van der Waals surface area contributed by atoms with E-state index in [0.717, 1.165) is 30.3 Å². The van der Waals surface area contributed by atoms with Crippen molar-refractivity contribution in [3.8, 4) is 0 Å². The summed E-state index contributed by atoms with van der Waals surface area (Å²) in [7, 11) is 0. The van der Waals surface area contributed by atoms with Crippen LogP contribution in [0.4, 0.5) is 0 Å². The first-order valence-electron chi connectivity index (χ1n) is 5.26. The Morgan fingerprint density at radius 2 is 2.21 bits per heavy atom. The molecule has 0 spiro atoms. The fourth-order valence-electron chi connectivity index (χ4n) is 2.16. The molecule has 0 amide bonds. The number of hydrogen-bond acceptors (Lipinski definition) is 3. The third-order valence-electron chi connectivity index (χ3n) is 2.91. The lowest BCUT2D eigenvalue weighted by atomic mass is 9.87. The van der Waals surface area contributed by atoms with Gasteiger partial charge in [-0.15, -0.1) is 0 Å². The van der Waals surface area contributed by atoms with Crippen molar-refractivity contribution < 1.29 is 0 Å². The van der Waals surface area contributed by atoms with Crippen LogP contribution >= 0.6 is 0 Å². The van der Waals surface area contributed by atoms with E-state index in [-0.39, 0.29) is 0 Å². The van der Waals surface area contributed by atoms with Crippen molar-refractivity contribution in [3.63, 3.8) is 0 Å². The molecule has 0 bridgehead atoms. The van der Waals surface area contributed by atoms with Crippen LogP contribution < -0.4 is 5.73 Å². The van der Waals surface area contributed by atoms with E-state index in [2.05, 4.69) is 16.9 Å². The van der Waals surface area contributed by atoms with Gasteiger partial charge in [0.15, 0.2) is 0 Å². The molecule has 0 saturated carbocycles. The highest BCUT2D eigenvalue weighted by atomic mass is 14.9. The second-order valence-corrected chi connectivity index (χ2v) is 4.19. The zero-order valence-electron chi connectivity index (χ0n) is 8.88. The molecule has 1 unspecified atom stereocenters. The Balaban J connectivity index is 2.47. The van der Waals surface area contributed by atoms with Crippen molar-refractivity contribution in [2.24, 2.45) is 11.7 Å². The van der Waals surface area contributed by atoms with Crippen LogP contribution in [0.15, 0.2) is 0 Å². The van der Waals surface area contributed by atoms with Gasteiger partial charge in [-0.3, -0.25) is 0 Å². The maximum atomic E-state index is 5.70. The molecule has 0 radical (unpaired) electrons. The average molecular weight is 191 g/mol. The van der Waals surface area contributed by atoms with Gasteiger partial charge in [-0.25, -0.2) is 9.97 Å². The summed E-state index contributed by atoms with van der Waals surface area (Å²) in [5.41, 5.74) is 9.30. The van der Waals surface area contributed by atoms with Gasteiger partial charge >= 0.3 is 0 Å².